The predicted molar refractivity (Wildman–Crippen MR) is 95.3 cm³/mol. The van der Waals surface area contributed by atoms with Crippen molar-refractivity contribution in [3.63, 3.8) is 0 Å². The number of aryl methyl sites for hydroxylation is 1. The van der Waals surface area contributed by atoms with Crippen molar-refractivity contribution in [1.29, 1.82) is 0 Å². The van der Waals surface area contributed by atoms with Crippen molar-refractivity contribution in [3.05, 3.63) is 54.1 Å². The normalized spacial score (nSPS) is 10.3. The SMILES string of the molecule is Cc1cccc(NC(=O)CC(=O)Nc2ccc(OC(C)C)cc2)c1. The van der Waals surface area contributed by atoms with E-state index >= 15 is 0 Å². The van der Waals surface area contributed by atoms with Crippen LogP contribution in [0.2, 0.25) is 0 Å². The van der Waals surface area contributed by atoms with E-state index in [1.165, 1.54) is 0 Å². The Morgan fingerprint density at radius 1 is 0.958 bits per heavy atom. The number of rotatable bonds is 6. The summed E-state index contributed by atoms with van der Waals surface area (Å²) < 4.78 is 5.54. The van der Waals surface area contributed by atoms with E-state index in [-0.39, 0.29) is 24.3 Å². The summed E-state index contributed by atoms with van der Waals surface area (Å²) in [5.41, 5.74) is 2.35. The summed E-state index contributed by atoms with van der Waals surface area (Å²) in [6.45, 7) is 5.83. The van der Waals surface area contributed by atoms with Gasteiger partial charge in [-0.2, -0.15) is 0 Å². The fraction of sp³-hybridized carbons (Fsp3) is 0.263. The molecule has 2 amide bonds. The van der Waals surface area contributed by atoms with Crippen LogP contribution in [0.5, 0.6) is 5.75 Å². The topological polar surface area (TPSA) is 67.4 Å². The molecule has 0 aliphatic heterocycles. The Balaban J connectivity index is 1.85. The van der Waals surface area contributed by atoms with Crippen LogP contribution in [0.1, 0.15) is 25.8 Å². The monoisotopic (exact) mass is 326 g/mol. The largest absolute Gasteiger partial charge is 0.491 e. The molecular formula is C19H22N2O3. The highest BCUT2D eigenvalue weighted by molar-refractivity contribution is 6.08. The lowest BCUT2D eigenvalue weighted by atomic mass is 10.2. The number of ether oxygens (including phenoxy) is 1. The summed E-state index contributed by atoms with van der Waals surface area (Å²) in [7, 11) is 0. The molecule has 0 heterocycles. The van der Waals surface area contributed by atoms with Gasteiger partial charge < -0.3 is 15.4 Å². The molecule has 5 heteroatoms. The minimum absolute atomic E-state index is 0.0933. The van der Waals surface area contributed by atoms with Crippen molar-refractivity contribution in [2.75, 3.05) is 10.6 Å². The van der Waals surface area contributed by atoms with Gasteiger partial charge in [-0.15, -0.1) is 0 Å². The molecule has 0 saturated carbocycles. The molecule has 0 aliphatic rings. The average Bonchev–Trinajstić information content (AvgIpc) is 2.48. The fourth-order valence-electron chi connectivity index (χ4n) is 2.17. The fourth-order valence-corrected chi connectivity index (χ4v) is 2.17. The number of nitrogens with one attached hydrogen (secondary N) is 2. The number of hydrogen-bond acceptors (Lipinski definition) is 3. The maximum atomic E-state index is 11.9. The first-order valence-electron chi connectivity index (χ1n) is 7.85. The Kier molecular flexibility index (Phi) is 5.95. The molecule has 24 heavy (non-hydrogen) atoms. The summed E-state index contributed by atoms with van der Waals surface area (Å²) >= 11 is 0. The molecule has 0 aromatic heterocycles. The molecule has 0 fully saturated rings. The smallest absolute Gasteiger partial charge is 0.233 e. The number of carbonyl (C=O) groups excluding carboxylic acids is 2. The van der Waals surface area contributed by atoms with Gasteiger partial charge in [0.1, 0.15) is 12.2 Å². The first-order chi connectivity index (χ1) is 11.4. The quantitative estimate of drug-likeness (QED) is 0.795. The molecular weight excluding hydrogens is 304 g/mol. The van der Waals surface area contributed by atoms with Gasteiger partial charge in [-0.1, -0.05) is 12.1 Å². The number of amides is 2. The van der Waals surface area contributed by atoms with Crippen LogP contribution in [0.3, 0.4) is 0 Å². The molecule has 0 spiro atoms. The van der Waals surface area contributed by atoms with Gasteiger partial charge in [-0.05, 0) is 62.7 Å². The summed E-state index contributed by atoms with van der Waals surface area (Å²) in [4.78, 5) is 23.8. The Labute approximate surface area is 142 Å². The van der Waals surface area contributed by atoms with Gasteiger partial charge in [0.25, 0.3) is 0 Å². The van der Waals surface area contributed by atoms with E-state index in [1.54, 1.807) is 30.3 Å². The molecule has 0 aliphatic carbocycles. The van der Waals surface area contributed by atoms with Crippen LogP contribution in [0.15, 0.2) is 48.5 Å². The highest BCUT2D eigenvalue weighted by atomic mass is 16.5. The molecule has 0 atom stereocenters. The maximum absolute atomic E-state index is 11.9. The van der Waals surface area contributed by atoms with E-state index in [0.29, 0.717) is 11.4 Å². The van der Waals surface area contributed by atoms with Crippen molar-refractivity contribution in [3.8, 4) is 5.75 Å². The zero-order chi connectivity index (χ0) is 17.5. The Morgan fingerprint density at radius 3 is 2.17 bits per heavy atom. The van der Waals surface area contributed by atoms with Crippen molar-refractivity contribution in [2.24, 2.45) is 0 Å². The van der Waals surface area contributed by atoms with Crippen LogP contribution in [-0.2, 0) is 9.59 Å². The van der Waals surface area contributed by atoms with E-state index in [0.717, 1.165) is 11.3 Å². The standard InChI is InChI=1S/C19H22N2O3/c1-13(2)24-17-9-7-15(8-10-17)20-18(22)12-19(23)21-16-6-4-5-14(3)11-16/h4-11,13H,12H2,1-3H3,(H,20,22)(H,21,23). The summed E-state index contributed by atoms with van der Waals surface area (Å²) in [6, 6.07) is 14.5. The van der Waals surface area contributed by atoms with Crippen LogP contribution in [0.4, 0.5) is 11.4 Å². The van der Waals surface area contributed by atoms with E-state index < -0.39 is 0 Å². The highest BCUT2D eigenvalue weighted by Crippen LogP contribution is 2.17. The zero-order valence-corrected chi connectivity index (χ0v) is 14.1. The van der Waals surface area contributed by atoms with Gasteiger partial charge >= 0.3 is 0 Å². The van der Waals surface area contributed by atoms with E-state index in [9.17, 15) is 9.59 Å². The minimum atomic E-state index is -0.363. The molecule has 2 rings (SSSR count). The lowest BCUT2D eigenvalue weighted by Crippen LogP contribution is -2.21. The Bertz CT molecular complexity index is 709. The summed E-state index contributed by atoms with van der Waals surface area (Å²) in [5, 5.41) is 5.41. The zero-order valence-electron chi connectivity index (χ0n) is 14.1. The van der Waals surface area contributed by atoms with Gasteiger partial charge in [0.2, 0.25) is 11.8 Å². The second-order valence-electron chi connectivity index (χ2n) is 5.83. The van der Waals surface area contributed by atoms with Crippen LogP contribution in [-0.4, -0.2) is 17.9 Å². The lowest BCUT2D eigenvalue weighted by molar-refractivity contribution is -0.123. The summed E-state index contributed by atoms with van der Waals surface area (Å²) in [5.74, 6) is 0.0238. The highest BCUT2D eigenvalue weighted by Gasteiger charge is 2.10. The molecule has 2 N–H and O–H groups in total. The number of anilines is 2. The van der Waals surface area contributed by atoms with Gasteiger partial charge in [0.15, 0.2) is 0 Å². The Morgan fingerprint density at radius 2 is 1.58 bits per heavy atom. The number of carbonyl (C=O) groups is 2. The first kappa shape index (κ1) is 17.5. The molecule has 0 radical (unpaired) electrons. The van der Waals surface area contributed by atoms with Gasteiger partial charge in [-0.3, -0.25) is 9.59 Å². The van der Waals surface area contributed by atoms with Crippen LogP contribution in [0.25, 0.3) is 0 Å². The van der Waals surface area contributed by atoms with Gasteiger partial charge in [0.05, 0.1) is 6.10 Å². The maximum Gasteiger partial charge on any atom is 0.233 e. The predicted octanol–water partition coefficient (Wildman–Crippen LogP) is 3.75. The minimum Gasteiger partial charge on any atom is -0.491 e. The Hall–Kier alpha value is -2.82. The molecule has 2 aromatic rings. The van der Waals surface area contributed by atoms with Crippen LogP contribution >= 0.6 is 0 Å². The van der Waals surface area contributed by atoms with Crippen molar-refractivity contribution >= 4 is 23.2 Å². The molecule has 0 unspecified atom stereocenters. The van der Waals surface area contributed by atoms with Crippen molar-refractivity contribution in [2.45, 2.75) is 33.3 Å². The number of hydrogen-bond donors (Lipinski definition) is 2. The number of benzene rings is 2. The van der Waals surface area contributed by atoms with E-state index in [4.69, 9.17) is 4.74 Å². The van der Waals surface area contributed by atoms with Crippen molar-refractivity contribution < 1.29 is 14.3 Å². The van der Waals surface area contributed by atoms with Gasteiger partial charge in [0, 0.05) is 11.4 Å². The van der Waals surface area contributed by atoms with Gasteiger partial charge in [-0.25, -0.2) is 0 Å². The van der Waals surface area contributed by atoms with Crippen LogP contribution < -0.4 is 15.4 Å². The third kappa shape index (κ3) is 5.76. The third-order valence-electron chi connectivity index (χ3n) is 3.13. The van der Waals surface area contributed by atoms with Crippen molar-refractivity contribution in [1.82, 2.24) is 0 Å². The summed E-state index contributed by atoms with van der Waals surface area (Å²) in [6.07, 6.45) is -0.145. The second kappa shape index (κ2) is 8.15. The molecule has 5 nitrogen and oxygen atoms in total. The van der Waals surface area contributed by atoms with E-state index in [1.807, 2.05) is 39.0 Å². The molecule has 0 bridgehead atoms. The molecule has 2 aromatic carbocycles. The lowest BCUT2D eigenvalue weighted by Gasteiger charge is -2.11. The average molecular weight is 326 g/mol. The molecule has 126 valence electrons. The first-order valence-corrected chi connectivity index (χ1v) is 7.85. The third-order valence-corrected chi connectivity index (χ3v) is 3.13. The molecule has 0 saturated heterocycles. The van der Waals surface area contributed by atoms with E-state index in [2.05, 4.69) is 10.6 Å². The van der Waals surface area contributed by atoms with Crippen LogP contribution in [0, 0.1) is 6.92 Å². The second-order valence-corrected chi connectivity index (χ2v) is 5.83.